The Morgan fingerprint density at radius 2 is 2.00 bits per heavy atom. The number of hydrogen-bond donors (Lipinski definition) is 1. The van der Waals surface area contributed by atoms with Crippen LogP contribution in [0.15, 0.2) is 0 Å². The summed E-state index contributed by atoms with van der Waals surface area (Å²) in [7, 11) is 0. The van der Waals surface area contributed by atoms with E-state index in [1.165, 1.54) is 32.1 Å². The van der Waals surface area contributed by atoms with E-state index in [2.05, 4.69) is 26.1 Å². The second-order valence-electron chi connectivity index (χ2n) is 7.18. The van der Waals surface area contributed by atoms with Gasteiger partial charge in [0.25, 0.3) is 0 Å². The average Bonchev–Trinajstić information content (AvgIpc) is 2.72. The van der Waals surface area contributed by atoms with Gasteiger partial charge in [-0.3, -0.25) is 0 Å². The van der Waals surface area contributed by atoms with E-state index in [1.807, 2.05) is 0 Å². The minimum Gasteiger partial charge on any atom is -0.377 e. The van der Waals surface area contributed by atoms with E-state index in [9.17, 15) is 0 Å². The monoisotopic (exact) mass is 237 g/mol. The molecular formula is C15H27NO. The van der Waals surface area contributed by atoms with Crippen molar-refractivity contribution in [3.05, 3.63) is 0 Å². The lowest BCUT2D eigenvalue weighted by atomic mass is 9.57. The van der Waals surface area contributed by atoms with E-state index in [-0.39, 0.29) is 0 Å². The summed E-state index contributed by atoms with van der Waals surface area (Å²) in [6, 6.07) is 1.47. The fourth-order valence-electron chi connectivity index (χ4n) is 4.50. The van der Waals surface area contributed by atoms with Crippen LogP contribution in [0.25, 0.3) is 0 Å². The van der Waals surface area contributed by atoms with E-state index in [4.69, 9.17) is 4.74 Å². The Kier molecular flexibility index (Phi) is 2.99. The average molecular weight is 237 g/mol. The zero-order chi connectivity index (χ0) is 12.0. The summed E-state index contributed by atoms with van der Waals surface area (Å²) in [6.07, 6.45) is 7.41. The molecule has 17 heavy (non-hydrogen) atoms. The molecule has 2 saturated carbocycles. The predicted molar refractivity (Wildman–Crippen MR) is 70.0 cm³/mol. The van der Waals surface area contributed by atoms with Crippen LogP contribution in [0.3, 0.4) is 0 Å². The summed E-state index contributed by atoms with van der Waals surface area (Å²) >= 11 is 0. The molecule has 2 heteroatoms. The topological polar surface area (TPSA) is 21.3 Å². The van der Waals surface area contributed by atoms with Crippen molar-refractivity contribution in [2.75, 3.05) is 6.61 Å². The number of ether oxygens (including phenoxy) is 1. The van der Waals surface area contributed by atoms with Gasteiger partial charge in [0.1, 0.15) is 0 Å². The van der Waals surface area contributed by atoms with Gasteiger partial charge in [0, 0.05) is 30.0 Å². The van der Waals surface area contributed by atoms with E-state index >= 15 is 0 Å². The molecule has 1 aliphatic heterocycles. The van der Waals surface area contributed by atoms with Crippen molar-refractivity contribution in [3.63, 3.8) is 0 Å². The van der Waals surface area contributed by atoms with E-state index in [0.717, 1.165) is 24.5 Å². The normalized spacial score (nSPS) is 48.5. The summed E-state index contributed by atoms with van der Waals surface area (Å²) in [5.41, 5.74) is 0.349. The quantitative estimate of drug-likeness (QED) is 0.797. The van der Waals surface area contributed by atoms with E-state index in [1.54, 1.807) is 0 Å². The Bertz CT molecular complexity index is 289. The van der Waals surface area contributed by atoms with Gasteiger partial charge in [-0.25, -0.2) is 0 Å². The highest BCUT2D eigenvalue weighted by molar-refractivity contribution is 5.11. The third-order valence-electron chi connectivity index (χ3n) is 5.45. The summed E-state index contributed by atoms with van der Waals surface area (Å²) in [6.45, 7) is 8.14. The molecule has 5 unspecified atom stereocenters. The van der Waals surface area contributed by atoms with Crippen molar-refractivity contribution in [2.24, 2.45) is 17.3 Å². The van der Waals surface area contributed by atoms with Crippen LogP contribution in [-0.4, -0.2) is 24.8 Å². The van der Waals surface area contributed by atoms with Crippen molar-refractivity contribution in [2.45, 2.75) is 71.1 Å². The van der Waals surface area contributed by atoms with Crippen molar-refractivity contribution in [1.82, 2.24) is 5.32 Å². The molecule has 3 rings (SSSR count). The van der Waals surface area contributed by atoms with Crippen LogP contribution in [0.1, 0.15) is 52.9 Å². The van der Waals surface area contributed by atoms with Gasteiger partial charge in [0.05, 0.1) is 6.10 Å². The van der Waals surface area contributed by atoms with Crippen molar-refractivity contribution in [1.29, 1.82) is 0 Å². The molecule has 1 N–H and O–H groups in total. The molecule has 3 fully saturated rings. The lowest BCUT2D eigenvalue weighted by Gasteiger charge is -2.56. The number of hydrogen-bond acceptors (Lipinski definition) is 2. The Balaban J connectivity index is 1.61. The Labute approximate surface area is 105 Å². The molecule has 2 nitrogen and oxygen atoms in total. The Morgan fingerprint density at radius 1 is 1.18 bits per heavy atom. The van der Waals surface area contributed by atoms with Crippen molar-refractivity contribution < 1.29 is 4.74 Å². The molecule has 0 spiro atoms. The molecule has 1 heterocycles. The SMILES string of the molecule is CC1CCCC(NC2C3CCOC3C2(C)C)C1. The van der Waals surface area contributed by atoms with E-state index in [0.29, 0.717) is 17.6 Å². The molecule has 0 radical (unpaired) electrons. The fourth-order valence-corrected chi connectivity index (χ4v) is 4.50. The maximum absolute atomic E-state index is 5.87. The van der Waals surface area contributed by atoms with Gasteiger partial charge in [-0.05, 0) is 25.2 Å². The first-order chi connectivity index (χ1) is 8.09. The molecule has 0 aromatic heterocycles. The summed E-state index contributed by atoms with van der Waals surface area (Å²) < 4.78 is 5.87. The second-order valence-corrected chi connectivity index (χ2v) is 7.18. The molecular weight excluding hydrogens is 210 g/mol. The highest BCUT2D eigenvalue weighted by Gasteiger charge is 2.59. The number of nitrogens with one attached hydrogen (secondary N) is 1. The molecule has 1 saturated heterocycles. The molecule has 5 atom stereocenters. The molecule has 3 aliphatic rings. The van der Waals surface area contributed by atoms with Gasteiger partial charge in [-0.15, -0.1) is 0 Å². The zero-order valence-corrected chi connectivity index (χ0v) is 11.5. The minimum atomic E-state index is 0.349. The third kappa shape index (κ3) is 1.94. The van der Waals surface area contributed by atoms with E-state index < -0.39 is 0 Å². The first kappa shape index (κ1) is 12.0. The molecule has 2 aliphatic carbocycles. The smallest absolute Gasteiger partial charge is 0.0685 e. The number of fused-ring (bicyclic) bond motifs is 1. The lowest BCUT2D eigenvalue weighted by Crippen LogP contribution is -2.67. The minimum absolute atomic E-state index is 0.349. The number of rotatable bonds is 2. The summed E-state index contributed by atoms with van der Waals surface area (Å²) in [4.78, 5) is 0. The van der Waals surface area contributed by atoms with Crippen LogP contribution in [-0.2, 0) is 4.74 Å². The first-order valence-corrected chi connectivity index (χ1v) is 7.46. The van der Waals surface area contributed by atoms with Gasteiger partial charge >= 0.3 is 0 Å². The Morgan fingerprint density at radius 3 is 2.76 bits per heavy atom. The van der Waals surface area contributed by atoms with Crippen LogP contribution < -0.4 is 5.32 Å². The maximum Gasteiger partial charge on any atom is 0.0685 e. The Hall–Kier alpha value is -0.0800. The van der Waals surface area contributed by atoms with Crippen molar-refractivity contribution >= 4 is 0 Å². The predicted octanol–water partition coefficient (Wildman–Crippen LogP) is 2.97. The van der Waals surface area contributed by atoms with Crippen LogP contribution in [0.5, 0.6) is 0 Å². The van der Waals surface area contributed by atoms with Crippen molar-refractivity contribution in [3.8, 4) is 0 Å². The second kappa shape index (κ2) is 4.24. The lowest BCUT2D eigenvalue weighted by molar-refractivity contribution is -0.116. The standard InChI is InChI=1S/C15H27NO/c1-10-5-4-6-11(9-10)16-13-12-7-8-17-14(12)15(13,2)3/h10-14,16H,4-9H2,1-3H3. The molecule has 0 amide bonds. The van der Waals surface area contributed by atoms with Crippen LogP contribution in [0.4, 0.5) is 0 Å². The molecule has 0 aromatic rings. The van der Waals surface area contributed by atoms with Gasteiger partial charge < -0.3 is 10.1 Å². The van der Waals surface area contributed by atoms with Gasteiger partial charge in [0.2, 0.25) is 0 Å². The zero-order valence-electron chi connectivity index (χ0n) is 11.5. The van der Waals surface area contributed by atoms with Gasteiger partial charge in [-0.1, -0.05) is 33.6 Å². The highest BCUT2D eigenvalue weighted by atomic mass is 16.5. The maximum atomic E-state index is 5.87. The fraction of sp³-hybridized carbons (Fsp3) is 1.00. The van der Waals surface area contributed by atoms with Gasteiger partial charge in [-0.2, -0.15) is 0 Å². The van der Waals surface area contributed by atoms with Crippen LogP contribution in [0, 0.1) is 17.3 Å². The summed E-state index contributed by atoms with van der Waals surface area (Å²) in [5.74, 6) is 1.71. The van der Waals surface area contributed by atoms with Crippen LogP contribution >= 0.6 is 0 Å². The molecule has 0 aromatic carbocycles. The highest BCUT2D eigenvalue weighted by Crippen LogP contribution is 2.52. The third-order valence-corrected chi connectivity index (χ3v) is 5.45. The molecule has 98 valence electrons. The largest absolute Gasteiger partial charge is 0.377 e. The first-order valence-electron chi connectivity index (χ1n) is 7.46. The summed E-state index contributed by atoms with van der Waals surface area (Å²) in [5, 5.41) is 3.97. The van der Waals surface area contributed by atoms with Crippen LogP contribution in [0.2, 0.25) is 0 Å². The molecule has 0 bridgehead atoms. The van der Waals surface area contributed by atoms with Gasteiger partial charge in [0.15, 0.2) is 0 Å².